The zero-order valence-electron chi connectivity index (χ0n) is 24.8. The van der Waals surface area contributed by atoms with Gasteiger partial charge in [0.1, 0.15) is 24.7 Å². The molecule has 0 aromatic heterocycles. The third-order valence-corrected chi connectivity index (χ3v) is 9.29. The third kappa shape index (κ3) is 4.71. The number of methoxy groups -OCH3 is 2. The summed E-state index contributed by atoms with van der Waals surface area (Å²) in [6, 6.07) is 28.0. The summed E-state index contributed by atoms with van der Waals surface area (Å²) in [5, 5.41) is 18.2. The van der Waals surface area contributed by atoms with Crippen LogP contribution >= 0.6 is 8.53 Å². The summed E-state index contributed by atoms with van der Waals surface area (Å²) >= 11 is 0. The van der Waals surface area contributed by atoms with Gasteiger partial charge in [-0.25, -0.2) is 0 Å². The monoisotopic (exact) mass is 636 g/mol. The van der Waals surface area contributed by atoms with Crippen molar-refractivity contribution in [1.29, 1.82) is 0 Å². The lowest BCUT2D eigenvalue weighted by molar-refractivity contribution is -0.343. The van der Waals surface area contributed by atoms with Gasteiger partial charge in [0.05, 0.1) is 18.4 Å². The minimum absolute atomic E-state index is 0.308. The van der Waals surface area contributed by atoms with Crippen LogP contribution in [0.4, 0.5) is 0 Å². The van der Waals surface area contributed by atoms with Gasteiger partial charge in [0.2, 0.25) is 20.0 Å². The number of rotatable bonds is 10. The predicted octanol–water partition coefficient (Wildman–Crippen LogP) is 0.661. The second-order valence-electron chi connectivity index (χ2n) is 11.0. The molecule has 0 aliphatic carbocycles. The normalized spacial score (nSPS) is 29.8. The van der Waals surface area contributed by atoms with Gasteiger partial charge in [0, 0.05) is 14.2 Å². The fourth-order valence-electron chi connectivity index (χ4n) is 7.20. The molecule has 2 saturated heterocycles. The van der Waals surface area contributed by atoms with Crippen molar-refractivity contribution in [2.75, 3.05) is 20.8 Å². The number of nitrogens with zero attached hydrogens (tertiary/aromatic N) is 2. The summed E-state index contributed by atoms with van der Waals surface area (Å²) in [5.74, 6) is -2.39. The Morgan fingerprint density at radius 1 is 0.978 bits per heavy atom. The number of hydrogen-bond donors (Lipinski definition) is 6. The van der Waals surface area contributed by atoms with Gasteiger partial charge >= 0.3 is 0 Å². The molecule has 7 atom stereocenters. The quantitative estimate of drug-likeness (QED) is 0.104. The SMILES string of the molecule is COC1(OC)[C@H](O)[C@@H](COP(N)O)O[C@]1(N1C=NC2C(=O)NC(N)NC21)C(c1ccccc1)(c1ccccc1)c1ccccc1. The van der Waals surface area contributed by atoms with E-state index in [1.165, 1.54) is 20.6 Å². The van der Waals surface area contributed by atoms with Crippen molar-refractivity contribution in [2.45, 2.75) is 47.6 Å². The van der Waals surface area contributed by atoms with E-state index in [0.717, 1.165) is 16.7 Å². The van der Waals surface area contributed by atoms with E-state index in [1.807, 2.05) is 91.0 Å². The second-order valence-corrected chi connectivity index (χ2v) is 11.8. The first-order chi connectivity index (χ1) is 21.8. The van der Waals surface area contributed by atoms with Crippen LogP contribution in [0.1, 0.15) is 16.7 Å². The molecule has 3 aromatic carbocycles. The fourth-order valence-corrected chi connectivity index (χ4v) is 7.50. The van der Waals surface area contributed by atoms with Gasteiger partial charge < -0.3 is 39.0 Å². The number of carbonyl (C=O) groups is 1. The molecule has 45 heavy (non-hydrogen) atoms. The average molecular weight is 637 g/mol. The van der Waals surface area contributed by atoms with E-state index >= 15 is 0 Å². The molecule has 3 aliphatic heterocycles. The van der Waals surface area contributed by atoms with Crippen LogP contribution in [-0.2, 0) is 28.9 Å². The summed E-state index contributed by atoms with van der Waals surface area (Å²) in [7, 11) is 0.537. The number of nitrogens with two attached hydrogens (primary N) is 2. The van der Waals surface area contributed by atoms with Crippen molar-refractivity contribution in [3.63, 3.8) is 0 Å². The lowest BCUT2D eigenvalue weighted by atomic mass is 9.59. The van der Waals surface area contributed by atoms with Gasteiger partial charge in [-0.05, 0) is 16.7 Å². The molecule has 3 aromatic rings. The van der Waals surface area contributed by atoms with E-state index < -0.39 is 62.1 Å². The highest BCUT2D eigenvalue weighted by Crippen LogP contribution is 2.61. The van der Waals surface area contributed by atoms with Gasteiger partial charge in [-0.15, -0.1) is 0 Å². The Labute approximate surface area is 262 Å². The van der Waals surface area contributed by atoms with Gasteiger partial charge in [-0.3, -0.25) is 26.3 Å². The van der Waals surface area contributed by atoms with E-state index in [0.29, 0.717) is 0 Å². The van der Waals surface area contributed by atoms with Crippen molar-refractivity contribution in [3.8, 4) is 0 Å². The number of amides is 1. The van der Waals surface area contributed by atoms with E-state index in [1.54, 1.807) is 4.90 Å². The average Bonchev–Trinajstić information content (AvgIpc) is 3.59. The van der Waals surface area contributed by atoms with E-state index in [2.05, 4.69) is 15.6 Å². The van der Waals surface area contributed by atoms with Gasteiger partial charge in [0.15, 0.2) is 6.04 Å². The van der Waals surface area contributed by atoms with Gasteiger partial charge in [-0.2, -0.15) is 0 Å². The Bertz CT molecular complexity index is 1400. The maximum Gasteiger partial charge on any atom is 0.250 e. The molecule has 1 amide bonds. The molecule has 3 heterocycles. The highest BCUT2D eigenvalue weighted by molar-refractivity contribution is 7.43. The maximum absolute atomic E-state index is 13.2. The zero-order valence-corrected chi connectivity index (χ0v) is 25.7. The van der Waals surface area contributed by atoms with Crippen LogP contribution in [0.15, 0.2) is 96.0 Å². The fraction of sp³-hybridized carbons (Fsp3) is 0.355. The molecular weight excluding hydrogens is 599 g/mol. The molecular formula is C31H37N6O7P. The first-order valence-corrected chi connectivity index (χ1v) is 15.7. The van der Waals surface area contributed by atoms with Crippen LogP contribution in [0.3, 0.4) is 0 Å². The van der Waals surface area contributed by atoms with Crippen LogP contribution in [0.2, 0.25) is 0 Å². The van der Waals surface area contributed by atoms with Crippen molar-refractivity contribution < 1.29 is 33.5 Å². The molecule has 238 valence electrons. The molecule has 14 heteroatoms. The molecule has 6 rings (SSSR count). The summed E-state index contributed by atoms with van der Waals surface area (Å²) < 4.78 is 25.3. The Balaban J connectivity index is 1.77. The summed E-state index contributed by atoms with van der Waals surface area (Å²) in [6.07, 6.45) is -2.95. The van der Waals surface area contributed by atoms with E-state index in [9.17, 15) is 14.8 Å². The number of nitrogens with one attached hydrogen (secondary N) is 2. The van der Waals surface area contributed by atoms with E-state index in [4.69, 9.17) is 30.0 Å². The van der Waals surface area contributed by atoms with Gasteiger partial charge in [0.25, 0.3) is 5.91 Å². The van der Waals surface area contributed by atoms with Gasteiger partial charge in [-0.1, -0.05) is 91.0 Å². The molecule has 2 fully saturated rings. The first-order valence-electron chi connectivity index (χ1n) is 14.4. The van der Waals surface area contributed by atoms with Crippen LogP contribution in [0.25, 0.3) is 0 Å². The summed E-state index contributed by atoms with van der Waals surface area (Å²) in [5.41, 5.74) is 10.8. The minimum Gasteiger partial charge on any atom is -0.384 e. The van der Waals surface area contributed by atoms with Crippen molar-refractivity contribution in [3.05, 3.63) is 108 Å². The Kier molecular flexibility index (Phi) is 8.76. The van der Waals surface area contributed by atoms with E-state index in [-0.39, 0.29) is 6.61 Å². The maximum atomic E-state index is 13.2. The van der Waals surface area contributed by atoms with Crippen molar-refractivity contribution in [2.24, 2.45) is 16.2 Å². The largest absolute Gasteiger partial charge is 0.384 e. The lowest BCUT2D eigenvalue weighted by Crippen LogP contribution is -2.80. The number of aliphatic imine (C=N–C) groups is 1. The number of aliphatic hydroxyl groups is 1. The standard InChI is InChI=1S/C31H37N6O7P/c1-41-30(42-2)25(38)23(18-43-45(33)40)44-31(30,37-19-34-24-26(37)35-28(32)36-27(24)39)29(20-12-6-3-7-13-20,21-14-8-4-9-15-21)22-16-10-5-11-17-22/h3-17,19,23-26,28,35,38,40H,18,32-33H2,1-2H3,(H,36,39)/t23-,24?,25-,26?,28?,31-,45?/m1/s1. The van der Waals surface area contributed by atoms with Crippen molar-refractivity contribution in [1.82, 2.24) is 15.5 Å². The van der Waals surface area contributed by atoms with Crippen LogP contribution in [0.5, 0.6) is 0 Å². The number of carbonyl (C=O) groups excluding carboxylic acids is 1. The number of fused-ring (bicyclic) bond motifs is 1. The number of hydrogen-bond acceptors (Lipinski definition) is 12. The summed E-state index contributed by atoms with van der Waals surface area (Å²) in [4.78, 5) is 29.5. The Hall–Kier alpha value is -3.33. The molecule has 8 N–H and O–H groups in total. The number of ether oxygens (including phenoxy) is 3. The summed E-state index contributed by atoms with van der Waals surface area (Å²) in [6.45, 7) is -0.308. The lowest BCUT2D eigenvalue weighted by Gasteiger charge is -2.60. The Morgan fingerprint density at radius 3 is 1.96 bits per heavy atom. The van der Waals surface area contributed by atoms with Crippen LogP contribution < -0.4 is 21.9 Å². The van der Waals surface area contributed by atoms with Crippen LogP contribution in [-0.4, -0.2) is 90.2 Å². The zero-order chi connectivity index (χ0) is 31.8. The topological polar surface area (TPSA) is 186 Å². The molecule has 0 bridgehead atoms. The molecule has 3 aliphatic rings. The highest BCUT2D eigenvalue weighted by atomic mass is 31.2. The first kappa shape index (κ1) is 31.6. The molecule has 0 spiro atoms. The number of benzene rings is 3. The molecule has 13 nitrogen and oxygen atoms in total. The molecule has 0 saturated carbocycles. The second kappa shape index (κ2) is 12.5. The number of aliphatic hydroxyl groups excluding tert-OH is 1. The predicted molar refractivity (Wildman–Crippen MR) is 166 cm³/mol. The highest BCUT2D eigenvalue weighted by Gasteiger charge is 2.80. The smallest absolute Gasteiger partial charge is 0.250 e. The van der Waals surface area contributed by atoms with Crippen LogP contribution in [0, 0.1) is 0 Å². The minimum atomic E-state index is -2.29. The Morgan fingerprint density at radius 2 is 1.49 bits per heavy atom. The molecule has 4 unspecified atom stereocenters. The third-order valence-electron chi connectivity index (χ3n) is 8.87. The molecule has 0 radical (unpaired) electrons. The van der Waals surface area contributed by atoms with Crippen molar-refractivity contribution >= 4 is 20.8 Å².